The van der Waals surface area contributed by atoms with Crippen LogP contribution in [0.3, 0.4) is 0 Å². The fourth-order valence-corrected chi connectivity index (χ4v) is 0.460. The molecule has 0 saturated heterocycles. The van der Waals surface area contributed by atoms with Crippen molar-refractivity contribution in [2.75, 3.05) is 0 Å². The largest absolute Gasteiger partial charge is 0.481 e. The Kier molecular flexibility index (Phi) is 3.24. The Balaban J connectivity index is 3.50. The number of hydrogen-bond donors (Lipinski definition) is 2. The lowest BCUT2D eigenvalue weighted by Crippen LogP contribution is -2.64. The van der Waals surface area contributed by atoms with Crippen LogP contribution < -0.4 is 5.73 Å². The third-order valence-electron chi connectivity index (χ3n) is 1.38. The highest BCUT2D eigenvalue weighted by Gasteiger charge is 2.14. The topological polar surface area (TPSA) is 64.9 Å². The SMILES string of the molecule is CC(C)[C@H]([NH3+])CC(=O)O. The van der Waals surface area contributed by atoms with Crippen LogP contribution in [-0.2, 0) is 4.79 Å². The molecule has 0 heterocycles. The van der Waals surface area contributed by atoms with Gasteiger partial charge in [0, 0.05) is 5.92 Å². The molecule has 0 aliphatic rings. The molecule has 0 aromatic rings. The van der Waals surface area contributed by atoms with Crippen molar-refractivity contribution in [1.29, 1.82) is 0 Å². The van der Waals surface area contributed by atoms with E-state index in [1.807, 2.05) is 13.8 Å². The second kappa shape index (κ2) is 3.45. The van der Waals surface area contributed by atoms with E-state index in [9.17, 15) is 4.79 Å². The summed E-state index contributed by atoms with van der Waals surface area (Å²) < 4.78 is 0. The van der Waals surface area contributed by atoms with Gasteiger partial charge in [-0.1, -0.05) is 13.8 Å². The summed E-state index contributed by atoms with van der Waals surface area (Å²) in [7, 11) is 0. The lowest BCUT2D eigenvalue weighted by Gasteiger charge is -2.07. The smallest absolute Gasteiger partial charge is 0.309 e. The van der Waals surface area contributed by atoms with E-state index in [0.29, 0.717) is 5.92 Å². The highest BCUT2D eigenvalue weighted by Crippen LogP contribution is 1.99. The molecule has 1 atom stereocenters. The molecule has 54 valence electrons. The van der Waals surface area contributed by atoms with Crippen molar-refractivity contribution in [3.05, 3.63) is 0 Å². The summed E-state index contributed by atoms with van der Waals surface area (Å²) in [4.78, 5) is 10.1. The molecule has 9 heavy (non-hydrogen) atoms. The Morgan fingerprint density at radius 2 is 2.11 bits per heavy atom. The maximum absolute atomic E-state index is 10.1. The number of aliphatic carboxylic acids is 1. The van der Waals surface area contributed by atoms with Crippen molar-refractivity contribution in [3.63, 3.8) is 0 Å². The first-order chi connectivity index (χ1) is 4.04. The standard InChI is InChI=1S/C6H13NO2/c1-4(2)5(7)3-6(8)9/h4-5H,3,7H2,1-2H3,(H,8,9)/p+1/t5-/m1/s1. The van der Waals surface area contributed by atoms with Crippen LogP contribution in [0.25, 0.3) is 0 Å². The highest BCUT2D eigenvalue weighted by molar-refractivity contribution is 5.67. The second-order valence-corrected chi connectivity index (χ2v) is 2.60. The fraction of sp³-hybridized carbons (Fsp3) is 0.833. The number of hydrogen-bond acceptors (Lipinski definition) is 1. The zero-order valence-electron chi connectivity index (χ0n) is 5.92. The van der Waals surface area contributed by atoms with Gasteiger partial charge in [0.05, 0.1) is 12.5 Å². The first-order valence-electron chi connectivity index (χ1n) is 3.09. The van der Waals surface area contributed by atoms with Gasteiger partial charge in [0.1, 0.15) is 0 Å². The number of carboxylic acid groups (broad SMARTS) is 1. The van der Waals surface area contributed by atoms with E-state index in [4.69, 9.17) is 5.11 Å². The predicted octanol–water partition coefficient (Wildman–Crippen LogP) is -0.272. The molecular formula is C6H14NO2+. The Labute approximate surface area is 54.9 Å². The molecule has 0 amide bonds. The van der Waals surface area contributed by atoms with E-state index in [1.165, 1.54) is 0 Å². The van der Waals surface area contributed by atoms with E-state index < -0.39 is 5.97 Å². The lowest BCUT2D eigenvalue weighted by molar-refractivity contribution is -0.430. The van der Waals surface area contributed by atoms with Gasteiger partial charge in [0.15, 0.2) is 0 Å². The molecule has 0 rings (SSSR count). The minimum absolute atomic E-state index is 0.0440. The van der Waals surface area contributed by atoms with Gasteiger partial charge >= 0.3 is 5.97 Å². The van der Waals surface area contributed by atoms with E-state index >= 15 is 0 Å². The molecular weight excluding hydrogens is 118 g/mol. The second-order valence-electron chi connectivity index (χ2n) is 2.60. The van der Waals surface area contributed by atoms with Gasteiger partial charge in [-0.25, -0.2) is 0 Å². The molecule has 0 bridgehead atoms. The van der Waals surface area contributed by atoms with Gasteiger partial charge in [-0.3, -0.25) is 4.79 Å². The Hall–Kier alpha value is -0.570. The van der Waals surface area contributed by atoms with E-state index in [1.54, 1.807) is 0 Å². The van der Waals surface area contributed by atoms with Crippen LogP contribution in [0, 0.1) is 5.92 Å². The van der Waals surface area contributed by atoms with Gasteiger partial charge in [0.25, 0.3) is 0 Å². The van der Waals surface area contributed by atoms with Crippen molar-refractivity contribution in [2.24, 2.45) is 5.92 Å². The quantitative estimate of drug-likeness (QED) is 0.555. The van der Waals surface area contributed by atoms with Crippen molar-refractivity contribution in [3.8, 4) is 0 Å². The van der Waals surface area contributed by atoms with Crippen LogP contribution in [0.2, 0.25) is 0 Å². The van der Waals surface area contributed by atoms with Gasteiger partial charge in [-0.15, -0.1) is 0 Å². The summed E-state index contributed by atoms with van der Waals surface area (Å²) in [5.74, 6) is -0.398. The summed E-state index contributed by atoms with van der Waals surface area (Å²) in [6, 6.07) is 0.0440. The fourth-order valence-electron chi connectivity index (χ4n) is 0.460. The van der Waals surface area contributed by atoms with Crippen LogP contribution in [-0.4, -0.2) is 17.1 Å². The van der Waals surface area contributed by atoms with Crippen LogP contribution in [0.1, 0.15) is 20.3 Å². The number of carbonyl (C=O) groups is 1. The molecule has 0 fully saturated rings. The minimum Gasteiger partial charge on any atom is -0.481 e. The summed E-state index contributed by atoms with van der Waals surface area (Å²) in [6.45, 7) is 3.95. The molecule has 0 radical (unpaired) electrons. The van der Waals surface area contributed by atoms with E-state index in [2.05, 4.69) is 5.73 Å². The number of quaternary nitrogens is 1. The molecule has 0 aliphatic heterocycles. The number of carboxylic acids is 1. The zero-order chi connectivity index (χ0) is 7.44. The van der Waals surface area contributed by atoms with Gasteiger partial charge in [-0.05, 0) is 0 Å². The normalized spacial score (nSPS) is 13.8. The van der Waals surface area contributed by atoms with Crippen molar-refractivity contribution >= 4 is 5.97 Å². The zero-order valence-corrected chi connectivity index (χ0v) is 5.92. The molecule has 0 aliphatic carbocycles. The van der Waals surface area contributed by atoms with Crippen molar-refractivity contribution in [1.82, 2.24) is 0 Å². The van der Waals surface area contributed by atoms with Crippen molar-refractivity contribution in [2.45, 2.75) is 26.3 Å². The summed E-state index contributed by atoms with van der Waals surface area (Å²) in [5.41, 5.74) is 3.70. The maximum Gasteiger partial charge on any atom is 0.309 e. The first kappa shape index (κ1) is 8.43. The van der Waals surface area contributed by atoms with Crippen LogP contribution in [0.15, 0.2) is 0 Å². The molecule has 4 N–H and O–H groups in total. The van der Waals surface area contributed by atoms with Crippen LogP contribution in [0.4, 0.5) is 0 Å². The highest BCUT2D eigenvalue weighted by atomic mass is 16.4. The van der Waals surface area contributed by atoms with Gasteiger partial charge < -0.3 is 10.8 Å². The van der Waals surface area contributed by atoms with Gasteiger partial charge in [-0.2, -0.15) is 0 Å². The Morgan fingerprint density at radius 1 is 1.67 bits per heavy atom. The monoisotopic (exact) mass is 132 g/mol. The third kappa shape index (κ3) is 3.97. The molecule has 0 aromatic carbocycles. The third-order valence-corrected chi connectivity index (χ3v) is 1.38. The molecule has 0 saturated carbocycles. The molecule has 3 heteroatoms. The summed E-state index contributed by atoms with van der Waals surface area (Å²) in [5, 5.41) is 8.29. The Bertz CT molecular complexity index is 101. The maximum atomic E-state index is 10.1. The molecule has 0 unspecified atom stereocenters. The van der Waals surface area contributed by atoms with E-state index in [-0.39, 0.29) is 12.5 Å². The minimum atomic E-state index is -0.760. The molecule has 0 spiro atoms. The Morgan fingerprint density at radius 3 is 2.22 bits per heavy atom. The van der Waals surface area contributed by atoms with Crippen LogP contribution in [0.5, 0.6) is 0 Å². The summed E-state index contributed by atoms with van der Waals surface area (Å²) >= 11 is 0. The average molecular weight is 132 g/mol. The predicted molar refractivity (Wildman–Crippen MR) is 33.8 cm³/mol. The average Bonchev–Trinajstić information content (AvgIpc) is 1.63. The lowest BCUT2D eigenvalue weighted by atomic mass is 10.0. The van der Waals surface area contributed by atoms with E-state index in [0.717, 1.165) is 0 Å². The van der Waals surface area contributed by atoms with Crippen LogP contribution >= 0.6 is 0 Å². The molecule has 0 aromatic heterocycles. The van der Waals surface area contributed by atoms with Crippen molar-refractivity contribution < 1.29 is 15.6 Å². The molecule has 3 nitrogen and oxygen atoms in total. The number of rotatable bonds is 3. The summed E-state index contributed by atoms with van der Waals surface area (Å²) in [6.07, 6.45) is 0.178. The van der Waals surface area contributed by atoms with Gasteiger partial charge in [0.2, 0.25) is 0 Å². The first-order valence-corrected chi connectivity index (χ1v) is 3.09.